The van der Waals surface area contributed by atoms with Gasteiger partial charge in [-0.2, -0.15) is 0 Å². The Balaban J connectivity index is 2.32. The predicted octanol–water partition coefficient (Wildman–Crippen LogP) is 2.51. The highest BCUT2D eigenvalue weighted by Crippen LogP contribution is 2.26. The highest BCUT2D eigenvalue weighted by atomic mass is 32.1. The van der Waals surface area contributed by atoms with Crippen LogP contribution in [0.25, 0.3) is 21.6 Å². The van der Waals surface area contributed by atoms with Gasteiger partial charge in [-0.1, -0.05) is 23.8 Å². The second-order valence-corrected chi connectivity index (χ2v) is 6.33. The van der Waals surface area contributed by atoms with Gasteiger partial charge in [0.25, 0.3) is 5.56 Å². The van der Waals surface area contributed by atoms with Gasteiger partial charge in [0.15, 0.2) is 0 Å². The maximum absolute atomic E-state index is 12.9. The summed E-state index contributed by atoms with van der Waals surface area (Å²) < 4.78 is 1.45. The molecule has 6 nitrogen and oxygen atoms in total. The molecule has 0 unspecified atom stereocenters. The van der Waals surface area contributed by atoms with Gasteiger partial charge in [0.05, 0.1) is 10.9 Å². The molecular formula is C17H16N2O4S. The summed E-state index contributed by atoms with van der Waals surface area (Å²) in [7, 11) is 0. The molecule has 2 aromatic heterocycles. The van der Waals surface area contributed by atoms with E-state index in [4.69, 9.17) is 5.11 Å². The standard InChI is InChI=1S/C17H16N2O4S/c1-10-4-2-5-11(8-10)14-18-15-13(12(9-24-15)17(22)23)16(21)19(14)6-3-7-20/h2,4-5,8-9,20H,3,6-7H2,1H3,(H,22,23). The molecule has 124 valence electrons. The molecule has 7 heteroatoms. The second-order valence-electron chi connectivity index (χ2n) is 5.47. The maximum Gasteiger partial charge on any atom is 0.337 e. The molecule has 0 saturated carbocycles. The molecule has 0 aliphatic carbocycles. The van der Waals surface area contributed by atoms with Crippen LogP contribution in [0.3, 0.4) is 0 Å². The van der Waals surface area contributed by atoms with E-state index in [0.717, 1.165) is 22.5 Å². The third-order valence-corrected chi connectivity index (χ3v) is 4.61. The summed E-state index contributed by atoms with van der Waals surface area (Å²) in [4.78, 5) is 29.2. The van der Waals surface area contributed by atoms with E-state index in [1.807, 2.05) is 31.2 Å². The Bertz CT molecular complexity index is 974. The lowest BCUT2D eigenvalue weighted by Crippen LogP contribution is -2.24. The smallest absolute Gasteiger partial charge is 0.337 e. The molecule has 0 radical (unpaired) electrons. The monoisotopic (exact) mass is 344 g/mol. The van der Waals surface area contributed by atoms with Crippen molar-refractivity contribution in [2.75, 3.05) is 6.61 Å². The van der Waals surface area contributed by atoms with Crippen molar-refractivity contribution < 1.29 is 15.0 Å². The predicted molar refractivity (Wildman–Crippen MR) is 92.7 cm³/mol. The molecule has 3 aromatic rings. The van der Waals surface area contributed by atoms with Gasteiger partial charge in [-0.3, -0.25) is 9.36 Å². The Morgan fingerprint density at radius 1 is 1.38 bits per heavy atom. The number of rotatable bonds is 5. The topological polar surface area (TPSA) is 92.4 Å². The minimum atomic E-state index is -1.14. The van der Waals surface area contributed by atoms with Gasteiger partial charge in [-0.15, -0.1) is 11.3 Å². The Morgan fingerprint density at radius 3 is 2.83 bits per heavy atom. The lowest BCUT2D eigenvalue weighted by atomic mass is 10.1. The molecule has 3 rings (SSSR count). The fourth-order valence-corrected chi connectivity index (χ4v) is 3.53. The van der Waals surface area contributed by atoms with Crippen molar-refractivity contribution in [3.63, 3.8) is 0 Å². The third-order valence-electron chi connectivity index (χ3n) is 3.74. The number of aromatic nitrogens is 2. The SMILES string of the molecule is Cc1cccc(-c2nc3scc(C(=O)O)c3c(=O)n2CCCO)c1. The number of aromatic carboxylic acids is 1. The molecule has 0 aliphatic rings. The molecule has 0 amide bonds. The summed E-state index contributed by atoms with van der Waals surface area (Å²) in [5.41, 5.74) is 1.41. The molecule has 2 N–H and O–H groups in total. The number of carbonyl (C=O) groups is 1. The van der Waals surface area contributed by atoms with Crippen molar-refractivity contribution in [3.8, 4) is 11.4 Å². The zero-order chi connectivity index (χ0) is 17.3. The Hall–Kier alpha value is -2.51. The zero-order valence-electron chi connectivity index (χ0n) is 13.0. The molecule has 0 aliphatic heterocycles. The first kappa shape index (κ1) is 16.4. The van der Waals surface area contributed by atoms with Gasteiger partial charge < -0.3 is 10.2 Å². The summed E-state index contributed by atoms with van der Waals surface area (Å²) in [6.07, 6.45) is 0.387. The molecule has 0 fully saturated rings. The molecular weight excluding hydrogens is 328 g/mol. The molecule has 24 heavy (non-hydrogen) atoms. The largest absolute Gasteiger partial charge is 0.478 e. The van der Waals surface area contributed by atoms with Crippen molar-refractivity contribution in [3.05, 3.63) is 51.1 Å². The summed E-state index contributed by atoms with van der Waals surface area (Å²) in [5.74, 6) is -0.652. The third kappa shape index (κ3) is 2.83. The van der Waals surface area contributed by atoms with Crippen LogP contribution < -0.4 is 5.56 Å². The van der Waals surface area contributed by atoms with E-state index in [1.54, 1.807) is 0 Å². The summed E-state index contributed by atoms with van der Waals surface area (Å²) in [6, 6.07) is 7.62. The summed E-state index contributed by atoms with van der Waals surface area (Å²) in [5, 5.41) is 20.0. The molecule has 0 bridgehead atoms. The van der Waals surface area contributed by atoms with E-state index in [0.29, 0.717) is 17.1 Å². The first-order valence-electron chi connectivity index (χ1n) is 7.46. The van der Waals surface area contributed by atoms with E-state index in [1.165, 1.54) is 9.95 Å². The molecule has 1 aromatic carbocycles. The van der Waals surface area contributed by atoms with Crippen molar-refractivity contribution in [2.45, 2.75) is 19.9 Å². The van der Waals surface area contributed by atoms with Crippen molar-refractivity contribution in [1.82, 2.24) is 9.55 Å². The van der Waals surface area contributed by atoms with Gasteiger partial charge in [0.2, 0.25) is 0 Å². The minimum Gasteiger partial charge on any atom is -0.478 e. The summed E-state index contributed by atoms with van der Waals surface area (Å²) >= 11 is 1.15. The van der Waals surface area contributed by atoms with Crippen LogP contribution in [-0.4, -0.2) is 32.3 Å². The van der Waals surface area contributed by atoms with E-state index in [2.05, 4.69) is 4.98 Å². The second kappa shape index (κ2) is 6.54. The summed E-state index contributed by atoms with van der Waals surface area (Å²) in [6.45, 7) is 2.16. The number of hydrogen-bond donors (Lipinski definition) is 2. The van der Waals surface area contributed by atoms with Gasteiger partial charge in [0.1, 0.15) is 10.7 Å². The van der Waals surface area contributed by atoms with Crippen LogP contribution in [0.1, 0.15) is 22.3 Å². The lowest BCUT2D eigenvalue weighted by Gasteiger charge is -2.12. The number of benzene rings is 1. The van der Waals surface area contributed by atoms with Crippen LogP contribution in [0.4, 0.5) is 0 Å². The highest BCUT2D eigenvalue weighted by Gasteiger charge is 2.20. The van der Waals surface area contributed by atoms with Gasteiger partial charge in [-0.25, -0.2) is 9.78 Å². The van der Waals surface area contributed by atoms with Crippen LogP contribution in [0, 0.1) is 6.92 Å². The number of carboxylic acid groups (broad SMARTS) is 1. The van der Waals surface area contributed by atoms with E-state index in [9.17, 15) is 14.7 Å². The number of nitrogens with zero attached hydrogens (tertiary/aromatic N) is 2. The van der Waals surface area contributed by atoms with Gasteiger partial charge in [0, 0.05) is 24.1 Å². The highest BCUT2D eigenvalue weighted by molar-refractivity contribution is 7.17. The number of carboxylic acids is 1. The molecule has 0 atom stereocenters. The van der Waals surface area contributed by atoms with Crippen LogP contribution in [0.15, 0.2) is 34.4 Å². The minimum absolute atomic E-state index is 0.0268. The van der Waals surface area contributed by atoms with Crippen molar-refractivity contribution >= 4 is 27.5 Å². The average Bonchev–Trinajstić information content (AvgIpc) is 2.98. The van der Waals surface area contributed by atoms with E-state index >= 15 is 0 Å². The number of aliphatic hydroxyl groups excluding tert-OH is 1. The number of aryl methyl sites for hydroxylation is 1. The fourth-order valence-electron chi connectivity index (χ4n) is 2.62. The van der Waals surface area contributed by atoms with Crippen molar-refractivity contribution in [2.24, 2.45) is 0 Å². The Morgan fingerprint density at radius 2 is 2.17 bits per heavy atom. The van der Waals surface area contributed by atoms with Crippen LogP contribution in [0.5, 0.6) is 0 Å². The van der Waals surface area contributed by atoms with Crippen LogP contribution in [-0.2, 0) is 6.54 Å². The molecule has 0 spiro atoms. The quantitative estimate of drug-likeness (QED) is 0.742. The van der Waals surface area contributed by atoms with Gasteiger partial charge >= 0.3 is 5.97 Å². The Kier molecular flexibility index (Phi) is 4.46. The molecule has 2 heterocycles. The fraction of sp³-hybridized carbons (Fsp3) is 0.235. The first-order chi connectivity index (χ1) is 11.5. The Labute approximate surface area is 141 Å². The van der Waals surface area contributed by atoms with Gasteiger partial charge in [-0.05, 0) is 19.4 Å². The normalized spacial score (nSPS) is 11.1. The van der Waals surface area contributed by atoms with E-state index in [-0.39, 0.29) is 29.7 Å². The van der Waals surface area contributed by atoms with Crippen LogP contribution in [0.2, 0.25) is 0 Å². The number of fused-ring (bicyclic) bond motifs is 1. The number of aliphatic hydroxyl groups is 1. The number of hydrogen-bond acceptors (Lipinski definition) is 5. The maximum atomic E-state index is 12.9. The number of thiophene rings is 1. The average molecular weight is 344 g/mol. The van der Waals surface area contributed by atoms with E-state index < -0.39 is 5.97 Å². The lowest BCUT2D eigenvalue weighted by molar-refractivity contribution is 0.0699. The first-order valence-corrected chi connectivity index (χ1v) is 8.34. The van der Waals surface area contributed by atoms with Crippen molar-refractivity contribution in [1.29, 1.82) is 0 Å². The van der Waals surface area contributed by atoms with Crippen LogP contribution >= 0.6 is 11.3 Å². The zero-order valence-corrected chi connectivity index (χ0v) is 13.8. The molecule has 0 saturated heterocycles.